The number of hydrogen-bond donors (Lipinski definition) is 0. The van der Waals surface area contributed by atoms with Crippen molar-refractivity contribution in [2.45, 2.75) is 25.3 Å². The Bertz CT molecular complexity index is 468. The summed E-state index contributed by atoms with van der Waals surface area (Å²) in [4.78, 5) is 16.4. The Morgan fingerprint density at radius 3 is 2.55 bits per heavy atom. The molecule has 2 heterocycles. The van der Waals surface area contributed by atoms with Crippen LogP contribution in [0.4, 0.5) is 0 Å². The average molecular weight is 274 g/mol. The first-order valence-electron chi connectivity index (χ1n) is 7.44. The second-order valence-electron chi connectivity index (χ2n) is 5.64. The quantitative estimate of drug-likeness (QED) is 0.842. The zero-order chi connectivity index (χ0) is 13.9. The van der Waals surface area contributed by atoms with E-state index in [1.54, 1.807) is 7.11 Å². The lowest BCUT2D eigenvalue weighted by molar-refractivity contribution is -0.136. The summed E-state index contributed by atoms with van der Waals surface area (Å²) in [7, 11) is 1.68. The van der Waals surface area contributed by atoms with Crippen LogP contribution in [0.25, 0.3) is 0 Å². The van der Waals surface area contributed by atoms with Crippen molar-refractivity contribution >= 4 is 5.91 Å². The lowest BCUT2D eigenvalue weighted by atomic mass is 10.0. The fourth-order valence-corrected chi connectivity index (χ4v) is 3.06. The molecule has 0 radical (unpaired) electrons. The lowest BCUT2D eigenvalue weighted by Gasteiger charge is -2.33. The average Bonchev–Trinajstić information content (AvgIpc) is 2.85. The Morgan fingerprint density at radius 1 is 1.20 bits per heavy atom. The van der Waals surface area contributed by atoms with Crippen molar-refractivity contribution in [3.05, 3.63) is 29.8 Å². The van der Waals surface area contributed by atoms with E-state index in [9.17, 15) is 4.79 Å². The van der Waals surface area contributed by atoms with Crippen LogP contribution < -0.4 is 4.74 Å². The first kappa shape index (κ1) is 13.4. The summed E-state index contributed by atoms with van der Waals surface area (Å²) < 4.78 is 5.20. The molecule has 20 heavy (non-hydrogen) atoms. The van der Waals surface area contributed by atoms with Crippen LogP contribution in [-0.4, -0.2) is 49.0 Å². The summed E-state index contributed by atoms with van der Waals surface area (Å²) in [6.07, 6.45) is 3.47. The number of rotatable bonds is 4. The van der Waals surface area contributed by atoms with Crippen LogP contribution in [-0.2, 0) is 4.79 Å². The highest BCUT2D eigenvalue weighted by atomic mass is 16.5. The minimum atomic E-state index is 0.289. The number of methoxy groups -OCH3 is 1. The number of carbonyl (C=O) groups excluding carboxylic acids is 1. The third kappa shape index (κ3) is 2.66. The van der Waals surface area contributed by atoms with Crippen LogP contribution in [0.3, 0.4) is 0 Å². The molecule has 0 saturated carbocycles. The third-order valence-electron chi connectivity index (χ3n) is 4.41. The normalized spacial score (nSPS) is 22.6. The summed E-state index contributed by atoms with van der Waals surface area (Å²) in [6.45, 7) is 3.48. The van der Waals surface area contributed by atoms with E-state index in [0.717, 1.165) is 38.2 Å². The van der Waals surface area contributed by atoms with Gasteiger partial charge < -0.3 is 9.64 Å². The van der Waals surface area contributed by atoms with Crippen LogP contribution in [0.1, 0.15) is 30.9 Å². The van der Waals surface area contributed by atoms with Gasteiger partial charge in [0, 0.05) is 19.1 Å². The van der Waals surface area contributed by atoms with Gasteiger partial charge in [0.1, 0.15) is 5.75 Å². The summed E-state index contributed by atoms with van der Waals surface area (Å²) in [6, 6.07) is 8.63. The zero-order valence-corrected chi connectivity index (χ0v) is 12.0. The van der Waals surface area contributed by atoms with Gasteiger partial charge in [-0.2, -0.15) is 0 Å². The predicted molar refractivity (Wildman–Crippen MR) is 77.7 cm³/mol. The van der Waals surface area contributed by atoms with Crippen molar-refractivity contribution in [2.24, 2.45) is 0 Å². The Labute approximate surface area is 120 Å². The Balaban J connectivity index is 1.66. The van der Waals surface area contributed by atoms with Gasteiger partial charge in [-0.15, -0.1) is 0 Å². The van der Waals surface area contributed by atoms with Gasteiger partial charge in [-0.25, -0.2) is 0 Å². The largest absolute Gasteiger partial charge is 0.497 e. The second kappa shape index (κ2) is 5.83. The molecule has 3 rings (SSSR count). The highest BCUT2D eigenvalue weighted by molar-refractivity contribution is 5.79. The van der Waals surface area contributed by atoms with Crippen molar-refractivity contribution in [1.29, 1.82) is 0 Å². The van der Waals surface area contributed by atoms with Crippen molar-refractivity contribution in [3.63, 3.8) is 0 Å². The number of amides is 1. The van der Waals surface area contributed by atoms with Gasteiger partial charge in [0.2, 0.25) is 5.91 Å². The second-order valence-corrected chi connectivity index (χ2v) is 5.64. The van der Waals surface area contributed by atoms with E-state index in [0.29, 0.717) is 12.6 Å². The Kier molecular flexibility index (Phi) is 3.92. The first-order chi connectivity index (χ1) is 9.78. The summed E-state index contributed by atoms with van der Waals surface area (Å²) >= 11 is 0. The third-order valence-corrected chi connectivity index (χ3v) is 4.41. The molecule has 108 valence electrons. The van der Waals surface area contributed by atoms with Crippen molar-refractivity contribution < 1.29 is 9.53 Å². The number of likely N-dealkylation sites (tertiary alicyclic amines) is 2. The molecule has 0 unspecified atom stereocenters. The van der Waals surface area contributed by atoms with E-state index in [1.165, 1.54) is 12.0 Å². The van der Waals surface area contributed by atoms with E-state index in [2.05, 4.69) is 17.0 Å². The molecule has 1 atom stereocenters. The Hall–Kier alpha value is -1.55. The fraction of sp³-hybridized carbons (Fsp3) is 0.562. The molecular weight excluding hydrogens is 252 g/mol. The first-order valence-corrected chi connectivity index (χ1v) is 7.44. The standard InChI is InChI=1S/C16H22N2O2/c1-20-14-7-5-13(6-8-14)15-4-2-9-18(15)12-16(19)17-10-3-11-17/h5-8,15H,2-4,9-12H2,1H3/t15-/m1/s1. The van der Waals surface area contributed by atoms with Crippen LogP contribution in [0.2, 0.25) is 0 Å². The van der Waals surface area contributed by atoms with Crippen molar-refractivity contribution in [1.82, 2.24) is 9.80 Å². The van der Waals surface area contributed by atoms with E-state index in [1.807, 2.05) is 17.0 Å². The molecule has 0 N–H and O–H groups in total. The molecule has 1 aromatic rings. The molecule has 2 fully saturated rings. The van der Waals surface area contributed by atoms with Gasteiger partial charge in [-0.05, 0) is 43.5 Å². The maximum absolute atomic E-state index is 12.1. The van der Waals surface area contributed by atoms with Gasteiger partial charge in [-0.3, -0.25) is 9.69 Å². The van der Waals surface area contributed by atoms with Gasteiger partial charge >= 0.3 is 0 Å². The van der Waals surface area contributed by atoms with Crippen LogP contribution in [0.15, 0.2) is 24.3 Å². The molecule has 1 amide bonds. The van der Waals surface area contributed by atoms with Gasteiger partial charge in [0.05, 0.1) is 13.7 Å². The minimum Gasteiger partial charge on any atom is -0.497 e. The van der Waals surface area contributed by atoms with E-state index in [-0.39, 0.29) is 5.91 Å². The van der Waals surface area contributed by atoms with E-state index >= 15 is 0 Å². The molecule has 2 aliphatic heterocycles. The van der Waals surface area contributed by atoms with Gasteiger partial charge in [0.15, 0.2) is 0 Å². The molecule has 1 aromatic carbocycles. The summed E-state index contributed by atoms with van der Waals surface area (Å²) in [5.41, 5.74) is 1.29. The predicted octanol–water partition coefficient (Wildman–Crippen LogP) is 2.06. The summed E-state index contributed by atoms with van der Waals surface area (Å²) in [5.74, 6) is 1.17. The highest BCUT2D eigenvalue weighted by Gasteiger charge is 2.30. The highest BCUT2D eigenvalue weighted by Crippen LogP contribution is 2.32. The fourth-order valence-electron chi connectivity index (χ4n) is 3.06. The van der Waals surface area contributed by atoms with E-state index < -0.39 is 0 Å². The molecule has 0 spiro atoms. The molecular formula is C16H22N2O2. The molecule has 0 bridgehead atoms. The van der Waals surface area contributed by atoms with Crippen LogP contribution >= 0.6 is 0 Å². The Morgan fingerprint density at radius 2 is 1.95 bits per heavy atom. The number of carbonyl (C=O) groups is 1. The lowest BCUT2D eigenvalue weighted by Crippen LogP contribution is -2.47. The maximum Gasteiger partial charge on any atom is 0.236 e. The molecule has 0 aromatic heterocycles. The smallest absolute Gasteiger partial charge is 0.236 e. The molecule has 0 aliphatic carbocycles. The van der Waals surface area contributed by atoms with E-state index in [4.69, 9.17) is 4.74 Å². The summed E-state index contributed by atoms with van der Waals surface area (Å²) in [5, 5.41) is 0. The molecule has 4 heteroatoms. The number of benzene rings is 1. The van der Waals surface area contributed by atoms with Gasteiger partial charge in [-0.1, -0.05) is 12.1 Å². The SMILES string of the molecule is COc1ccc([C@H]2CCCN2CC(=O)N2CCC2)cc1. The number of ether oxygens (including phenoxy) is 1. The molecule has 4 nitrogen and oxygen atoms in total. The monoisotopic (exact) mass is 274 g/mol. The van der Waals surface area contributed by atoms with Gasteiger partial charge in [0.25, 0.3) is 0 Å². The van der Waals surface area contributed by atoms with Crippen LogP contribution in [0.5, 0.6) is 5.75 Å². The number of hydrogen-bond acceptors (Lipinski definition) is 3. The maximum atomic E-state index is 12.1. The zero-order valence-electron chi connectivity index (χ0n) is 12.0. The molecule has 2 aliphatic rings. The van der Waals surface area contributed by atoms with Crippen molar-refractivity contribution in [3.8, 4) is 5.75 Å². The van der Waals surface area contributed by atoms with Crippen molar-refractivity contribution in [2.75, 3.05) is 33.3 Å². The topological polar surface area (TPSA) is 32.8 Å². The minimum absolute atomic E-state index is 0.289. The number of nitrogens with zero attached hydrogens (tertiary/aromatic N) is 2. The van der Waals surface area contributed by atoms with Crippen LogP contribution in [0, 0.1) is 0 Å². The molecule has 2 saturated heterocycles.